The number of esters is 1. The van der Waals surface area contributed by atoms with Crippen molar-refractivity contribution in [2.24, 2.45) is 0 Å². The second-order valence-electron chi connectivity index (χ2n) is 7.97. The molecule has 3 aliphatic heterocycles. The van der Waals surface area contributed by atoms with Gasteiger partial charge in [0, 0.05) is 25.7 Å². The van der Waals surface area contributed by atoms with Gasteiger partial charge in [0.1, 0.15) is 18.3 Å². The van der Waals surface area contributed by atoms with Gasteiger partial charge < -0.3 is 14.2 Å². The lowest BCUT2D eigenvalue weighted by molar-refractivity contribution is -0.224. The molecule has 1 aromatic heterocycles. The second kappa shape index (κ2) is 8.04. The number of aromatic nitrogens is 2. The Kier molecular flexibility index (Phi) is 5.22. The fourth-order valence-corrected chi connectivity index (χ4v) is 4.57. The average Bonchev–Trinajstić information content (AvgIpc) is 3.21. The number of ether oxygens (including phenoxy) is 3. The van der Waals surface area contributed by atoms with E-state index in [1.807, 2.05) is 35.4 Å². The van der Waals surface area contributed by atoms with Gasteiger partial charge in [-0.05, 0) is 12.0 Å². The zero-order valence-corrected chi connectivity index (χ0v) is 16.9. The van der Waals surface area contributed by atoms with Gasteiger partial charge in [0.05, 0.1) is 12.6 Å². The number of nitrogens with one attached hydrogen (secondary N) is 1. The van der Waals surface area contributed by atoms with Crippen LogP contribution in [-0.4, -0.2) is 57.6 Å². The number of aromatic amines is 1. The molecule has 4 heterocycles. The van der Waals surface area contributed by atoms with Crippen LogP contribution in [0.5, 0.6) is 0 Å². The monoisotopic (exact) mass is 429 g/mol. The third-order valence-corrected chi connectivity index (χ3v) is 5.85. The number of rotatable bonds is 4. The lowest BCUT2D eigenvalue weighted by Gasteiger charge is -2.31. The Labute approximate surface area is 177 Å². The van der Waals surface area contributed by atoms with Crippen molar-refractivity contribution in [3.63, 3.8) is 0 Å². The molecule has 0 spiro atoms. The van der Waals surface area contributed by atoms with Crippen LogP contribution in [0.15, 0.2) is 52.2 Å². The highest BCUT2D eigenvalue weighted by atomic mass is 16.7. The number of carbonyl (C=O) groups is 1. The maximum absolute atomic E-state index is 12.4. The Morgan fingerprint density at radius 1 is 1.19 bits per heavy atom. The summed E-state index contributed by atoms with van der Waals surface area (Å²) in [5.74, 6) is -0.507. The molecule has 0 saturated carbocycles. The number of H-pyrrole nitrogens is 1. The zero-order valence-electron chi connectivity index (χ0n) is 16.9. The summed E-state index contributed by atoms with van der Waals surface area (Å²) in [5.41, 5.74) is -0.0725. The van der Waals surface area contributed by atoms with Crippen LogP contribution in [0.25, 0.3) is 0 Å². The number of fused-ring (bicyclic) bond motifs is 4. The number of nitrogens with zero attached hydrogens (tertiary/aromatic N) is 2. The first-order valence-electron chi connectivity index (χ1n) is 10.2. The van der Waals surface area contributed by atoms with Crippen molar-refractivity contribution >= 4 is 5.97 Å². The molecule has 2 aromatic rings. The predicted octanol–water partition coefficient (Wildman–Crippen LogP) is 0.339. The van der Waals surface area contributed by atoms with E-state index < -0.39 is 41.8 Å². The van der Waals surface area contributed by atoms with Gasteiger partial charge in [0.25, 0.3) is 5.56 Å². The van der Waals surface area contributed by atoms with Crippen LogP contribution in [0.2, 0.25) is 0 Å². The third kappa shape index (κ3) is 3.83. The quantitative estimate of drug-likeness (QED) is 0.693. The van der Waals surface area contributed by atoms with Crippen LogP contribution in [0, 0.1) is 0 Å². The molecular weight excluding hydrogens is 406 g/mol. The van der Waals surface area contributed by atoms with Crippen LogP contribution in [0.1, 0.15) is 25.1 Å². The summed E-state index contributed by atoms with van der Waals surface area (Å²) in [4.78, 5) is 44.0. The minimum absolute atomic E-state index is 0.129. The van der Waals surface area contributed by atoms with E-state index in [1.54, 1.807) is 0 Å². The van der Waals surface area contributed by atoms with E-state index in [0.29, 0.717) is 19.6 Å². The topological polar surface area (TPSA) is 112 Å². The van der Waals surface area contributed by atoms with Crippen LogP contribution in [0.3, 0.4) is 0 Å². The predicted molar refractivity (Wildman–Crippen MR) is 106 cm³/mol. The van der Waals surface area contributed by atoms with Crippen LogP contribution in [-0.2, 0) is 30.4 Å². The summed E-state index contributed by atoms with van der Waals surface area (Å²) in [5, 5.41) is 1.89. The highest BCUT2D eigenvalue weighted by Crippen LogP contribution is 2.42. The molecule has 164 valence electrons. The first-order chi connectivity index (χ1) is 15.0. The van der Waals surface area contributed by atoms with Crippen molar-refractivity contribution in [2.45, 2.75) is 56.6 Å². The van der Waals surface area contributed by atoms with E-state index >= 15 is 0 Å². The molecule has 6 atom stereocenters. The maximum atomic E-state index is 12.4. The van der Waals surface area contributed by atoms with Crippen LogP contribution < -0.4 is 11.2 Å². The Morgan fingerprint density at radius 3 is 2.74 bits per heavy atom. The first kappa shape index (κ1) is 20.1. The lowest BCUT2D eigenvalue weighted by Crippen LogP contribution is -2.47. The van der Waals surface area contributed by atoms with Crippen molar-refractivity contribution in [2.75, 3.05) is 6.61 Å². The fourth-order valence-electron chi connectivity index (χ4n) is 4.57. The van der Waals surface area contributed by atoms with Gasteiger partial charge in [0.15, 0.2) is 12.3 Å². The van der Waals surface area contributed by atoms with Gasteiger partial charge in [-0.25, -0.2) is 4.79 Å². The summed E-state index contributed by atoms with van der Waals surface area (Å²) in [6.07, 6.45) is -0.954. The SMILES string of the molecule is CC(=O)O[C@@H]1[C@@H]2OC[C@@H]3C[C@H]([C@H]2O[C@H]1n1ccc(=O)[nH]c1=O)N(Cc1ccccc1)O3. The number of benzene rings is 1. The Morgan fingerprint density at radius 2 is 2.00 bits per heavy atom. The van der Waals surface area contributed by atoms with E-state index in [0.717, 1.165) is 5.56 Å². The molecule has 1 aromatic carbocycles. The molecular formula is C21H23N3O7. The van der Waals surface area contributed by atoms with E-state index in [-0.39, 0.29) is 12.1 Å². The summed E-state index contributed by atoms with van der Waals surface area (Å²) >= 11 is 0. The summed E-state index contributed by atoms with van der Waals surface area (Å²) < 4.78 is 19.1. The Bertz CT molecular complexity index is 1070. The normalized spacial score (nSPS) is 32.4. The van der Waals surface area contributed by atoms with Crippen molar-refractivity contribution in [3.8, 4) is 0 Å². The average molecular weight is 429 g/mol. The molecule has 3 aliphatic rings. The Balaban J connectivity index is 1.47. The summed E-state index contributed by atoms with van der Waals surface area (Å²) in [6.45, 7) is 2.18. The van der Waals surface area contributed by atoms with Gasteiger partial charge in [-0.3, -0.25) is 24.0 Å². The van der Waals surface area contributed by atoms with Gasteiger partial charge in [-0.1, -0.05) is 30.3 Å². The standard InChI is InChI=1S/C21H23N3O7/c1-12(25)29-19-18-17(30-20(19)23-8-7-16(26)22-21(23)27)15-9-14(11-28-18)31-24(15)10-13-5-3-2-4-6-13/h2-8,14-15,17-20H,9-11H2,1H3,(H,22,26,27)/t14-,15+,17+,18+,19+,20+/m0/s1. The molecule has 0 amide bonds. The minimum Gasteiger partial charge on any atom is -0.455 e. The second-order valence-corrected chi connectivity index (χ2v) is 7.97. The summed E-state index contributed by atoms with van der Waals surface area (Å²) in [7, 11) is 0. The number of hydroxylamine groups is 2. The van der Waals surface area contributed by atoms with E-state index in [4.69, 9.17) is 19.0 Å². The van der Waals surface area contributed by atoms with E-state index in [1.165, 1.54) is 23.8 Å². The van der Waals surface area contributed by atoms with Gasteiger partial charge >= 0.3 is 11.7 Å². The third-order valence-electron chi connectivity index (χ3n) is 5.85. The highest BCUT2D eigenvalue weighted by molar-refractivity contribution is 5.66. The van der Waals surface area contributed by atoms with E-state index in [2.05, 4.69) is 4.98 Å². The molecule has 0 aliphatic carbocycles. The minimum atomic E-state index is -0.932. The molecule has 5 rings (SSSR count). The number of hydrogen-bond acceptors (Lipinski definition) is 8. The highest BCUT2D eigenvalue weighted by Gasteiger charge is 2.57. The molecule has 0 radical (unpaired) electrons. The van der Waals surface area contributed by atoms with Crippen molar-refractivity contribution < 1.29 is 23.8 Å². The number of hydrogen-bond donors (Lipinski definition) is 1. The van der Waals surface area contributed by atoms with Crippen molar-refractivity contribution in [3.05, 3.63) is 69.0 Å². The molecule has 0 unspecified atom stereocenters. The molecule has 10 nitrogen and oxygen atoms in total. The lowest BCUT2D eigenvalue weighted by atomic mass is 10.00. The van der Waals surface area contributed by atoms with Crippen LogP contribution >= 0.6 is 0 Å². The molecule has 31 heavy (non-hydrogen) atoms. The molecule has 3 fully saturated rings. The molecule has 1 N–H and O–H groups in total. The molecule has 3 saturated heterocycles. The molecule has 2 bridgehead atoms. The fraction of sp³-hybridized carbons (Fsp3) is 0.476. The van der Waals surface area contributed by atoms with Gasteiger partial charge in [0.2, 0.25) is 0 Å². The van der Waals surface area contributed by atoms with Gasteiger partial charge in [-0.2, -0.15) is 5.06 Å². The van der Waals surface area contributed by atoms with Crippen LogP contribution in [0.4, 0.5) is 0 Å². The smallest absolute Gasteiger partial charge is 0.330 e. The largest absolute Gasteiger partial charge is 0.455 e. The molecule has 10 heteroatoms. The van der Waals surface area contributed by atoms with Crippen molar-refractivity contribution in [1.29, 1.82) is 0 Å². The van der Waals surface area contributed by atoms with E-state index in [9.17, 15) is 14.4 Å². The number of carbonyl (C=O) groups excluding carboxylic acids is 1. The first-order valence-corrected chi connectivity index (χ1v) is 10.2. The summed E-state index contributed by atoms with van der Waals surface area (Å²) in [6, 6.07) is 11.0. The Hall–Kier alpha value is -2.79. The zero-order chi connectivity index (χ0) is 21.5. The van der Waals surface area contributed by atoms with Crippen molar-refractivity contribution in [1.82, 2.24) is 14.6 Å². The van der Waals surface area contributed by atoms with Gasteiger partial charge in [-0.15, -0.1) is 0 Å². The maximum Gasteiger partial charge on any atom is 0.330 e.